The van der Waals surface area contributed by atoms with Crippen LogP contribution in [0.1, 0.15) is 6.92 Å². The Morgan fingerprint density at radius 3 is 2.62 bits per heavy atom. The molecule has 3 nitrogen and oxygen atoms in total. The van der Waals surface area contributed by atoms with Crippen LogP contribution in [0.3, 0.4) is 0 Å². The maximum Gasteiger partial charge on any atom is 0.495 e. The molecule has 0 spiro atoms. The smallest absolute Gasteiger partial charge is 0.438 e. The zero-order valence-corrected chi connectivity index (χ0v) is 4.43. The molecule has 0 radical (unpaired) electrons. The fourth-order valence-electron chi connectivity index (χ4n) is 0.186. The summed E-state index contributed by atoms with van der Waals surface area (Å²) in [7, 11) is 0. The van der Waals surface area contributed by atoms with Crippen molar-refractivity contribution in [1.29, 1.82) is 0 Å². The van der Waals surface area contributed by atoms with Crippen molar-refractivity contribution in [2.75, 3.05) is 6.61 Å². The van der Waals surface area contributed by atoms with Crippen molar-refractivity contribution in [3.8, 4) is 0 Å². The Balaban J connectivity index is 3.05. The summed E-state index contributed by atoms with van der Waals surface area (Å²) in [5, 5.41) is 8.36. The predicted molar refractivity (Wildman–Crippen MR) is 24.1 cm³/mol. The summed E-state index contributed by atoms with van der Waals surface area (Å²) in [6.07, 6.45) is -2.65. The number of rotatable bonds is 2. The monoisotopic (exact) mass is 122 g/mol. The second kappa shape index (κ2) is 3.37. The lowest BCUT2D eigenvalue weighted by atomic mass is 10.5. The lowest BCUT2D eigenvalue weighted by Gasteiger charge is -1.99. The maximum atomic E-state index is 11.1. The van der Waals surface area contributed by atoms with Gasteiger partial charge in [-0.1, -0.05) is 0 Å². The van der Waals surface area contributed by atoms with E-state index in [0.717, 1.165) is 0 Å². The summed E-state index contributed by atoms with van der Waals surface area (Å²) in [6.45, 7) is 1.11. The summed E-state index contributed by atoms with van der Waals surface area (Å²) < 4.78 is 14.8. The van der Waals surface area contributed by atoms with Crippen molar-refractivity contribution in [2.24, 2.45) is 0 Å². The Labute approximate surface area is 46.1 Å². The van der Waals surface area contributed by atoms with E-state index < -0.39 is 12.3 Å². The predicted octanol–water partition coefficient (Wildman–Crippen LogP) is 0.473. The summed E-state index contributed by atoms with van der Waals surface area (Å²) in [4.78, 5) is 9.35. The standard InChI is InChI=1S/C4H7FO3/c1-3(6)2-8-4(5)7/h3,6H,2H2,1H3. The Kier molecular flexibility index (Phi) is 3.10. The zero-order chi connectivity index (χ0) is 6.57. The number of hydrogen-bond donors (Lipinski definition) is 1. The van der Waals surface area contributed by atoms with Crippen molar-refractivity contribution < 1.29 is 19.0 Å². The van der Waals surface area contributed by atoms with E-state index in [1.54, 1.807) is 0 Å². The number of aliphatic hydroxyl groups is 1. The molecule has 0 aromatic heterocycles. The Morgan fingerprint density at radius 1 is 2.00 bits per heavy atom. The number of aliphatic hydroxyl groups excluding tert-OH is 1. The van der Waals surface area contributed by atoms with Crippen LogP contribution in [0.25, 0.3) is 0 Å². The summed E-state index contributed by atoms with van der Waals surface area (Å²) >= 11 is 0. The van der Waals surface area contributed by atoms with Crippen LogP contribution in [0, 0.1) is 0 Å². The molecule has 1 N–H and O–H groups in total. The number of carbonyl (C=O) groups excluding carboxylic acids is 1. The third kappa shape index (κ3) is 5.36. The van der Waals surface area contributed by atoms with Crippen molar-refractivity contribution in [3.05, 3.63) is 0 Å². The molecule has 0 aromatic rings. The molecule has 0 rings (SSSR count). The van der Waals surface area contributed by atoms with E-state index in [9.17, 15) is 9.18 Å². The summed E-state index contributed by atoms with van der Waals surface area (Å²) in [5.41, 5.74) is 0. The minimum atomic E-state index is -1.86. The van der Waals surface area contributed by atoms with Crippen LogP contribution < -0.4 is 0 Å². The summed E-state index contributed by atoms with van der Waals surface area (Å²) in [5.74, 6) is 0. The minimum absolute atomic E-state index is 0.282. The van der Waals surface area contributed by atoms with E-state index in [4.69, 9.17) is 5.11 Å². The van der Waals surface area contributed by atoms with Gasteiger partial charge in [-0.05, 0) is 6.92 Å². The molecule has 0 amide bonds. The second-order valence-electron chi connectivity index (χ2n) is 1.40. The SMILES string of the molecule is CC(O)COC(=O)F. The largest absolute Gasteiger partial charge is 0.495 e. The number of carbonyl (C=O) groups is 1. The van der Waals surface area contributed by atoms with Gasteiger partial charge in [0, 0.05) is 0 Å². The normalized spacial score (nSPS) is 12.9. The van der Waals surface area contributed by atoms with Gasteiger partial charge >= 0.3 is 6.22 Å². The molecule has 0 saturated heterocycles. The summed E-state index contributed by atoms with van der Waals surface area (Å²) in [6, 6.07) is 0. The molecule has 0 heterocycles. The van der Waals surface area contributed by atoms with Gasteiger partial charge in [0.05, 0.1) is 6.10 Å². The average molecular weight is 122 g/mol. The third-order valence-electron chi connectivity index (χ3n) is 0.438. The molecule has 1 atom stereocenters. The van der Waals surface area contributed by atoms with Gasteiger partial charge in [-0.3, -0.25) is 0 Å². The van der Waals surface area contributed by atoms with Crippen LogP contribution in [0.5, 0.6) is 0 Å². The van der Waals surface area contributed by atoms with E-state index in [1.165, 1.54) is 6.92 Å². The van der Waals surface area contributed by atoms with Gasteiger partial charge < -0.3 is 9.84 Å². The van der Waals surface area contributed by atoms with E-state index >= 15 is 0 Å². The zero-order valence-electron chi connectivity index (χ0n) is 4.43. The van der Waals surface area contributed by atoms with Gasteiger partial charge in [0.2, 0.25) is 0 Å². The van der Waals surface area contributed by atoms with Crippen LogP contribution in [-0.4, -0.2) is 24.0 Å². The van der Waals surface area contributed by atoms with Crippen molar-refractivity contribution >= 4 is 6.22 Å². The van der Waals surface area contributed by atoms with Crippen LogP contribution in [0.2, 0.25) is 0 Å². The molecule has 0 bridgehead atoms. The Bertz CT molecular complexity index is 81.4. The fraction of sp³-hybridized carbons (Fsp3) is 0.750. The van der Waals surface area contributed by atoms with E-state index in [2.05, 4.69) is 4.74 Å². The Hall–Kier alpha value is -0.640. The first-order valence-corrected chi connectivity index (χ1v) is 2.13. The molecule has 48 valence electrons. The minimum Gasteiger partial charge on any atom is -0.438 e. The molecule has 8 heavy (non-hydrogen) atoms. The van der Waals surface area contributed by atoms with Gasteiger partial charge in [0.1, 0.15) is 6.61 Å². The highest BCUT2D eigenvalue weighted by molar-refractivity contribution is 5.57. The molecule has 0 fully saturated rings. The highest BCUT2D eigenvalue weighted by Gasteiger charge is 1.99. The molecule has 0 aliphatic carbocycles. The quantitative estimate of drug-likeness (QED) is 0.541. The molecule has 1 unspecified atom stereocenters. The lowest BCUT2D eigenvalue weighted by Crippen LogP contribution is -2.11. The highest BCUT2D eigenvalue weighted by Crippen LogP contribution is 1.85. The van der Waals surface area contributed by atoms with E-state index in [1.807, 2.05) is 0 Å². The first kappa shape index (κ1) is 7.36. The molecule has 0 aliphatic heterocycles. The maximum absolute atomic E-state index is 11.1. The van der Waals surface area contributed by atoms with Crippen LogP contribution in [0.15, 0.2) is 0 Å². The molecular formula is C4H7FO3. The van der Waals surface area contributed by atoms with Gasteiger partial charge in [-0.2, -0.15) is 0 Å². The fourth-order valence-corrected chi connectivity index (χ4v) is 0.186. The molecule has 4 heteroatoms. The number of halogens is 1. The van der Waals surface area contributed by atoms with Gasteiger partial charge in [0.15, 0.2) is 0 Å². The topological polar surface area (TPSA) is 46.5 Å². The van der Waals surface area contributed by atoms with Crippen LogP contribution >= 0.6 is 0 Å². The van der Waals surface area contributed by atoms with Gasteiger partial charge in [0.25, 0.3) is 0 Å². The van der Waals surface area contributed by atoms with Crippen LogP contribution in [-0.2, 0) is 4.74 Å². The van der Waals surface area contributed by atoms with Gasteiger partial charge in [-0.15, -0.1) is 4.39 Å². The van der Waals surface area contributed by atoms with E-state index in [0.29, 0.717) is 0 Å². The second-order valence-corrected chi connectivity index (χ2v) is 1.40. The van der Waals surface area contributed by atoms with Crippen molar-refractivity contribution in [3.63, 3.8) is 0 Å². The molecule has 0 saturated carbocycles. The Morgan fingerprint density at radius 2 is 2.50 bits per heavy atom. The lowest BCUT2D eigenvalue weighted by molar-refractivity contribution is 0.0639. The molecule has 0 aliphatic rings. The van der Waals surface area contributed by atoms with Gasteiger partial charge in [-0.25, -0.2) is 4.79 Å². The van der Waals surface area contributed by atoms with Crippen molar-refractivity contribution in [1.82, 2.24) is 0 Å². The van der Waals surface area contributed by atoms with Crippen molar-refractivity contribution in [2.45, 2.75) is 13.0 Å². The number of hydrogen-bond acceptors (Lipinski definition) is 3. The first-order valence-electron chi connectivity index (χ1n) is 2.13. The average Bonchev–Trinajstić information content (AvgIpc) is 1.61. The molecule has 0 aromatic carbocycles. The van der Waals surface area contributed by atoms with E-state index in [-0.39, 0.29) is 6.61 Å². The number of ether oxygens (including phenoxy) is 1. The molecular weight excluding hydrogens is 115 g/mol. The first-order chi connectivity index (χ1) is 3.63. The highest BCUT2D eigenvalue weighted by atomic mass is 19.1. The van der Waals surface area contributed by atoms with Crippen LogP contribution in [0.4, 0.5) is 9.18 Å². The third-order valence-corrected chi connectivity index (χ3v) is 0.438.